The smallest absolute Gasteiger partial charge is 0.115 e. The lowest BCUT2D eigenvalue weighted by Crippen LogP contribution is -2.37. The topological polar surface area (TPSA) is 52.5 Å². The number of aliphatic hydroxyl groups is 1. The van der Waals surface area contributed by atoms with Gasteiger partial charge in [-0.05, 0) is 23.6 Å². The van der Waals surface area contributed by atoms with Gasteiger partial charge in [-0.15, -0.1) is 0 Å². The molecule has 0 spiro atoms. The van der Waals surface area contributed by atoms with Gasteiger partial charge < -0.3 is 15.5 Å². The normalized spacial score (nSPS) is 14.7. The van der Waals surface area contributed by atoms with Crippen LogP contribution in [0.3, 0.4) is 0 Å². The second kappa shape index (κ2) is 6.51. The van der Waals surface area contributed by atoms with Crippen LogP contribution < -0.4 is 5.32 Å². The predicted molar refractivity (Wildman–Crippen MR) is 65.3 cm³/mol. The highest BCUT2D eigenvalue weighted by Gasteiger charge is 2.13. The van der Waals surface area contributed by atoms with Crippen LogP contribution in [0.2, 0.25) is 0 Å². The second-order valence-corrected chi connectivity index (χ2v) is 4.23. The summed E-state index contributed by atoms with van der Waals surface area (Å²) in [6.07, 6.45) is 1.04. The van der Waals surface area contributed by atoms with Crippen molar-refractivity contribution < 1.29 is 10.2 Å². The largest absolute Gasteiger partial charge is 0.508 e. The SMILES string of the molecule is CCC(C)C(CO)NCc1cccc(O)c1. The van der Waals surface area contributed by atoms with Gasteiger partial charge in [-0.25, -0.2) is 0 Å². The van der Waals surface area contributed by atoms with Crippen molar-refractivity contribution in [1.82, 2.24) is 5.32 Å². The van der Waals surface area contributed by atoms with E-state index in [0.717, 1.165) is 12.0 Å². The number of nitrogens with one attached hydrogen (secondary N) is 1. The van der Waals surface area contributed by atoms with Gasteiger partial charge in [0, 0.05) is 12.6 Å². The molecule has 1 rings (SSSR count). The maximum Gasteiger partial charge on any atom is 0.115 e. The molecular weight excluding hydrogens is 202 g/mol. The van der Waals surface area contributed by atoms with Crippen molar-refractivity contribution in [2.45, 2.75) is 32.9 Å². The highest BCUT2D eigenvalue weighted by molar-refractivity contribution is 5.26. The first-order valence-corrected chi connectivity index (χ1v) is 5.79. The van der Waals surface area contributed by atoms with E-state index >= 15 is 0 Å². The first-order chi connectivity index (χ1) is 7.67. The third-order valence-electron chi connectivity index (χ3n) is 3.01. The minimum Gasteiger partial charge on any atom is -0.508 e. The van der Waals surface area contributed by atoms with Gasteiger partial charge in [0.15, 0.2) is 0 Å². The molecule has 0 bridgehead atoms. The number of phenolic OH excluding ortho intramolecular Hbond substituents is 1. The Kier molecular flexibility index (Phi) is 5.29. The summed E-state index contributed by atoms with van der Waals surface area (Å²) in [5.41, 5.74) is 1.03. The van der Waals surface area contributed by atoms with Crippen molar-refractivity contribution in [2.75, 3.05) is 6.61 Å². The molecule has 0 fully saturated rings. The Morgan fingerprint density at radius 2 is 2.12 bits per heavy atom. The standard InChI is InChI=1S/C13H21NO2/c1-3-10(2)13(9-15)14-8-11-5-4-6-12(16)7-11/h4-7,10,13-16H,3,8-9H2,1-2H3. The average Bonchev–Trinajstić information content (AvgIpc) is 2.29. The molecule has 0 saturated heterocycles. The van der Waals surface area contributed by atoms with Crippen molar-refractivity contribution in [2.24, 2.45) is 5.92 Å². The average molecular weight is 223 g/mol. The number of benzene rings is 1. The molecule has 0 aliphatic rings. The van der Waals surface area contributed by atoms with E-state index in [1.54, 1.807) is 12.1 Å². The fourth-order valence-electron chi connectivity index (χ4n) is 1.65. The number of hydrogen-bond acceptors (Lipinski definition) is 3. The number of aliphatic hydroxyl groups excluding tert-OH is 1. The summed E-state index contributed by atoms with van der Waals surface area (Å²) in [6, 6.07) is 7.29. The second-order valence-electron chi connectivity index (χ2n) is 4.23. The highest BCUT2D eigenvalue weighted by Crippen LogP contribution is 2.12. The van der Waals surface area contributed by atoms with Crippen molar-refractivity contribution in [3.8, 4) is 5.75 Å². The Labute approximate surface area is 97.1 Å². The maximum atomic E-state index is 9.31. The van der Waals surface area contributed by atoms with Crippen LogP contribution in [-0.2, 0) is 6.54 Å². The number of rotatable bonds is 6. The van der Waals surface area contributed by atoms with E-state index in [2.05, 4.69) is 19.2 Å². The monoisotopic (exact) mass is 223 g/mol. The lowest BCUT2D eigenvalue weighted by Gasteiger charge is -2.22. The lowest BCUT2D eigenvalue weighted by molar-refractivity contribution is 0.201. The molecule has 0 heterocycles. The Bertz CT molecular complexity index is 315. The molecular formula is C13H21NO2. The fraction of sp³-hybridized carbons (Fsp3) is 0.538. The number of aromatic hydroxyl groups is 1. The molecule has 0 aromatic heterocycles. The number of hydrogen-bond donors (Lipinski definition) is 3. The lowest BCUT2D eigenvalue weighted by atomic mass is 9.99. The molecule has 1 aromatic carbocycles. The zero-order valence-corrected chi connectivity index (χ0v) is 9.98. The van der Waals surface area contributed by atoms with Crippen LogP contribution in [0, 0.1) is 5.92 Å². The van der Waals surface area contributed by atoms with Crippen molar-refractivity contribution in [3.05, 3.63) is 29.8 Å². The molecule has 3 heteroatoms. The minimum absolute atomic E-state index is 0.118. The molecule has 2 unspecified atom stereocenters. The van der Waals surface area contributed by atoms with E-state index in [9.17, 15) is 10.2 Å². The number of phenols is 1. The summed E-state index contributed by atoms with van der Waals surface area (Å²) in [5, 5.41) is 21.9. The van der Waals surface area contributed by atoms with Crippen LogP contribution >= 0.6 is 0 Å². The molecule has 3 nitrogen and oxygen atoms in total. The molecule has 0 amide bonds. The van der Waals surface area contributed by atoms with Gasteiger partial charge >= 0.3 is 0 Å². The van der Waals surface area contributed by atoms with E-state index in [1.807, 2.05) is 12.1 Å². The summed E-state index contributed by atoms with van der Waals surface area (Å²) < 4.78 is 0. The molecule has 90 valence electrons. The molecule has 2 atom stereocenters. The van der Waals surface area contributed by atoms with Gasteiger partial charge in [0.05, 0.1) is 6.61 Å². The van der Waals surface area contributed by atoms with Gasteiger partial charge in [0.1, 0.15) is 5.75 Å². The quantitative estimate of drug-likeness (QED) is 0.690. The molecule has 3 N–H and O–H groups in total. The van der Waals surface area contributed by atoms with Crippen LogP contribution in [0.4, 0.5) is 0 Å². The van der Waals surface area contributed by atoms with Crippen LogP contribution in [0.25, 0.3) is 0 Å². The van der Waals surface area contributed by atoms with E-state index in [1.165, 1.54) is 0 Å². The van der Waals surface area contributed by atoms with Crippen LogP contribution in [0.5, 0.6) is 5.75 Å². The van der Waals surface area contributed by atoms with Gasteiger partial charge in [-0.2, -0.15) is 0 Å². The summed E-state index contributed by atoms with van der Waals surface area (Å²) in [7, 11) is 0. The first kappa shape index (κ1) is 13.0. The van der Waals surface area contributed by atoms with Gasteiger partial charge in [0.2, 0.25) is 0 Å². The Morgan fingerprint density at radius 3 is 2.69 bits per heavy atom. The predicted octanol–water partition coefficient (Wildman–Crippen LogP) is 1.89. The maximum absolute atomic E-state index is 9.31. The van der Waals surface area contributed by atoms with Crippen molar-refractivity contribution >= 4 is 0 Å². The highest BCUT2D eigenvalue weighted by atomic mass is 16.3. The summed E-state index contributed by atoms with van der Waals surface area (Å²) >= 11 is 0. The van der Waals surface area contributed by atoms with Crippen LogP contribution in [-0.4, -0.2) is 22.9 Å². The van der Waals surface area contributed by atoms with Crippen molar-refractivity contribution in [1.29, 1.82) is 0 Å². The molecule has 16 heavy (non-hydrogen) atoms. The molecule has 0 aliphatic heterocycles. The first-order valence-electron chi connectivity index (χ1n) is 5.79. The summed E-state index contributed by atoms with van der Waals surface area (Å²) in [6.45, 7) is 5.05. The fourth-order valence-corrected chi connectivity index (χ4v) is 1.65. The van der Waals surface area contributed by atoms with Gasteiger partial charge in [-0.1, -0.05) is 32.4 Å². The van der Waals surface area contributed by atoms with E-state index < -0.39 is 0 Å². The zero-order chi connectivity index (χ0) is 12.0. The van der Waals surface area contributed by atoms with E-state index in [0.29, 0.717) is 12.5 Å². The molecule has 0 aliphatic carbocycles. The molecule has 0 saturated carbocycles. The Balaban J connectivity index is 2.49. The third-order valence-corrected chi connectivity index (χ3v) is 3.01. The van der Waals surface area contributed by atoms with Crippen LogP contribution in [0.1, 0.15) is 25.8 Å². The summed E-state index contributed by atoms with van der Waals surface area (Å²) in [5.74, 6) is 0.727. The van der Waals surface area contributed by atoms with Crippen LogP contribution in [0.15, 0.2) is 24.3 Å². The molecule has 0 radical (unpaired) electrons. The van der Waals surface area contributed by atoms with E-state index in [4.69, 9.17) is 0 Å². The Hall–Kier alpha value is -1.06. The Morgan fingerprint density at radius 1 is 1.38 bits per heavy atom. The van der Waals surface area contributed by atoms with Gasteiger partial charge in [0.25, 0.3) is 0 Å². The third kappa shape index (κ3) is 3.83. The minimum atomic E-state index is 0.118. The van der Waals surface area contributed by atoms with E-state index in [-0.39, 0.29) is 18.4 Å². The van der Waals surface area contributed by atoms with Gasteiger partial charge in [-0.3, -0.25) is 0 Å². The summed E-state index contributed by atoms with van der Waals surface area (Å²) in [4.78, 5) is 0. The molecule has 1 aromatic rings. The zero-order valence-electron chi connectivity index (χ0n) is 9.98. The van der Waals surface area contributed by atoms with Crippen molar-refractivity contribution in [3.63, 3.8) is 0 Å².